The molecule has 0 saturated heterocycles. The van der Waals surface area contributed by atoms with Crippen molar-refractivity contribution in [1.29, 1.82) is 0 Å². The van der Waals surface area contributed by atoms with Gasteiger partial charge in [0.05, 0.1) is 0 Å². The minimum absolute atomic E-state index is 0.0316. The summed E-state index contributed by atoms with van der Waals surface area (Å²) in [7, 11) is 0. The smallest absolute Gasteiger partial charge is 0.226 e. The van der Waals surface area contributed by atoms with E-state index in [2.05, 4.69) is 27.6 Å². The van der Waals surface area contributed by atoms with Crippen LogP contribution < -0.4 is 5.32 Å². The van der Waals surface area contributed by atoms with Crippen LogP contribution in [-0.4, -0.2) is 22.0 Å². The molecule has 0 atom stereocenters. The second kappa shape index (κ2) is 9.02. The normalized spacial score (nSPS) is 10.5. The van der Waals surface area contributed by atoms with Crippen molar-refractivity contribution in [1.82, 2.24) is 10.2 Å². The van der Waals surface area contributed by atoms with E-state index in [9.17, 15) is 4.79 Å². The number of thioether (sulfide) groups is 1. The standard InChI is InChI=1S/C14H16ClN3OS2/c15-9-5-4-8-12(19)16-13-17-18-14(21-13)20-10-11-6-2-1-3-7-11/h1-3,6-7H,4-5,8-10H2,(H,16,17,19). The number of hydrogen-bond donors (Lipinski definition) is 1. The molecular weight excluding hydrogens is 326 g/mol. The summed E-state index contributed by atoms with van der Waals surface area (Å²) < 4.78 is 0.856. The van der Waals surface area contributed by atoms with E-state index in [0.29, 0.717) is 17.4 Å². The molecule has 0 saturated carbocycles. The fraction of sp³-hybridized carbons (Fsp3) is 0.357. The van der Waals surface area contributed by atoms with E-state index >= 15 is 0 Å². The van der Waals surface area contributed by atoms with Crippen LogP contribution in [0.15, 0.2) is 34.7 Å². The maximum absolute atomic E-state index is 11.7. The zero-order chi connectivity index (χ0) is 14.9. The molecule has 2 rings (SSSR count). The highest BCUT2D eigenvalue weighted by molar-refractivity contribution is 8.00. The molecule has 0 bridgehead atoms. The molecule has 2 aromatic rings. The lowest BCUT2D eigenvalue weighted by Gasteiger charge is -1.99. The third-order valence-electron chi connectivity index (χ3n) is 2.65. The molecule has 4 nitrogen and oxygen atoms in total. The van der Waals surface area contributed by atoms with Gasteiger partial charge < -0.3 is 5.32 Å². The average Bonchev–Trinajstić information content (AvgIpc) is 2.94. The van der Waals surface area contributed by atoms with Crippen molar-refractivity contribution < 1.29 is 4.79 Å². The van der Waals surface area contributed by atoms with Gasteiger partial charge in [-0.05, 0) is 18.4 Å². The van der Waals surface area contributed by atoms with Crippen LogP contribution >= 0.6 is 34.7 Å². The predicted octanol–water partition coefficient (Wildman–Crippen LogP) is 4.18. The van der Waals surface area contributed by atoms with Crippen LogP contribution in [0.2, 0.25) is 0 Å². The van der Waals surface area contributed by atoms with Crippen LogP contribution in [0.3, 0.4) is 0 Å². The lowest BCUT2D eigenvalue weighted by atomic mass is 10.2. The van der Waals surface area contributed by atoms with Gasteiger partial charge in [-0.3, -0.25) is 4.79 Å². The molecule has 0 aliphatic carbocycles. The number of benzene rings is 1. The quantitative estimate of drug-likeness (QED) is 0.339. The number of carbonyl (C=O) groups is 1. The van der Waals surface area contributed by atoms with Gasteiger partial charge in [0, 0.05) is 18.1 Å². The third kappa shape index (κ3) is 6.03. The Morgan fingerprint density at radius 1 is 1.24 bits per heavy atom. The Kier molecular flexibility index (Phi) is 6.99. The van der Waals surface area contributed by atoms with Crippen LogP contribution in [0.5, 0.6) is 0 Å². The maximum Gasteiger partial charge on any atom is 0.226 e. The molecule has 0 aliphatic rings. The van der Waals surface area contributed by atoms with E-state index in [-0.39, 0.29) is 5.91 Å². The summed E-state index contributed by atoms with van der Waals surface area (Å²) in [5.74, 6) is 1.40. The van der Waals surface area contributed by atoms with Crippen molar-refractivity contribution in [2.24, 2.45) is 0 Å². The van der Waals surface area contributed by atoms with E-state index in [1.807, 2.05) is 18.2 Å². The van der Waals surface area contributed by atoms with E-state index in [0.717, 1.165) is 22.9 Å². The van der Waals surface area contributed by atoms with Crippen molar-refractivity contribution in [3.05, 3.63) is 35.9 Å². The van der Waals surface area contributed by atoms with Crippen LogP contribution in [-0.2, 0) is 10.5 Å². The summed E-state index contributed by atoms with van der Waals surface area (Å²) in [5, 5.41) is 11.4. The molecule has 21 heavy (non-hydrogen) atoms. The maximum atomic E-state index is 11.7. The van der Waals surface area contributed by atoms with Crippen LogP contribution in [0.4, 0.5) is 5.13 Å². The predicted molar refractivity (Wildman–Crippen MR) is 89.1 cm³/mol. The van der Waals surface area contributed by atoms with Gasteiger partial charge in [-0.15, -0.1) is 21.8 Å². The van der Waals surface area contributed by atoms with Crippen LogP contribution in [0.25, 0.3) is 0 Å². The van der Waals surface area contributed by atoms with Crippen molar-refractivity contribution in [3.8, 4) is 0 Å². The van der Waals surface area contributed by atoms with Gasteiger partial charge in [-0.2, -0.15) is 0 Å². The van der Waals surface area contributed by atoms with E-state index in [4.69, 9.17) is 11.6 Å². The largest absolute Gasteiger partial charge is 0.301 e. The van der Waals surface area contributed by atoms with Crippen molar-refractivity contribution in [3.63, 3.8) is 0 Å². The molecule has 1 aromatic heterocycles. The lowest BCUT2D eigenvalue weighted by Crippen LogP contribution is -2.10. The molecule has 0 fully saturated rings. The first-order valence-corrected chi connectivity index (χ1v) is 8.97. The highest BCUT2D eigenvalue weighted by atomic mass is 35.5. The molecule has 0 aliphatic heterocycles. The Balaban J connectivity index is 1.77. The number of nitrogens with one attached hydrogen (secondary N) is 1. The topological polar surface area (TPSA) is 54.9 Å². The van der Waals surface area contributed by atoms with Gasteiger partial charge in [-0.1, -0.05) is 53.4 Å². The first-order valence-electron chi connectivity index (χ1n) is 6.64. The second-order valence-corrected chi connectivity index (χ2v) is 6.92. The van der Waals surface area contributed by atoms with E-state index in [1.165, 1.54) is 16.9 Å². The Bertz CT molecular complexity index is 562. The average molecular weight is 342 g/mol. The van der Waals surface area contributed by atoms with Gasteiger partial charge in [-0.25, -0.2) is 0 Å². The summed E-state index contributed by atoms with van der Waals surface area (Å²) in [5.41, 5.74) is 1.24. The minimum atomic E-state index is -0.0316. The van der Waals surface area contributed by atoms with Gasteiger partial charge in [0.1, 0.15) is 0 Å². The molecule has 1 amide bonds. The van der Waals surface area contributed by atoms with E-state index < -0.39 is 0 Å². The first-order chi connectivity index (χ1) is 10.3. The Morgan fingerprint density at radius 3 is 2.81 bits per heavy atom. The SMILES string of the molecule is O=C(CCCCCl)Nc1nnc(SCc2ccccc2)s1. The highest BCUT2D eigenvalue weighted by Gasteiger charge is 2.08. The highest BCUT2D eigenvalue weighted by Crippen LogP contribution is 2.28. The number of rotatable bonds is 8. The van der Waals surface area contributed by atoms with Gasteiger partial charge in [0.15, 0.2) is 4.34 Å². The molecule has 0 unspecified atom stereocenters. The number of nitrogens with zero attached hydrogens (tertiary/aromatic N) is 2. The number of alkyl halides is 1. The number of aromatic nitrogens is 2. The number of halogens is 1. The van der Waals surface area contributed by atoms with Crippen LogP contribution in [0, 0.1) is 0 Å². The number of unbranched alkanes of at least 4 members (excludes halogenated alkanes) is 1. The monoisotopic (exact) mass is 341 g/mol. The fourth-order valence-electron chi connectivity index (χ4n) is 1.60. The van der Waals surface area contributed by atoms with Gasteiger partial charge >= 0.3 is 0 Å². The molecule has 7 heteroatoms. The number of amides is 1. The Labute approximate surface area is 137 Å². The number of anilines is 1. The van der Waals surface area contributed by atoms with Crippen molar-refractivity contribution in [2.45, 2.75) is 29.4 Å². The molecule has 0 radical (unpaired) electrons. The zero-order valence-electron chi connectivity index (χ0n) is 11.4. The summed E-state index contributed by atoms with van der Waals surface area (Å²) in [6.07, 6.45) is 2.12. The molecule has 1 N–H and O–H groups in total. The second-order valence-electron chi connectivity index (χ2n) is 4.34. The summed E-state index contributed by atoms with van der Waals surface area (Å²) >= 11 is 8.60. The molecule has 1 aromatic carbocycles. The molecular formula is C14H16ClN3OS2. The molecule has 112 valence electrons. The zero-order valence-corrected chi connectivity index (χ0v) is 13.8. The summed E-state index contributed by atoms with van der Waals surface area (Å²) in [6.45, 7) is 0. The summed E-state index contributed by atoms with van der Waals surface area (Å²) in [6, 6.07) is 10.2. The number of hydrogen-bond acceptors (Lipinski definition) is 5. The minimum Gasteiger partial charge on any atom is -0.301 e. The van der Waals surface area contributed by atoms with E-state index in [1.54, 1.807) is 11.8 Å². The van der Waals surface area contributed by atoms with Crippen molar-refractivity contribution >= 4 is 45.7 Å². The Morgan fingerprint density at radius 2 is 2.05 bits per heavy atom. The van der Waals surface area contributed by atoms with Crippen molar-refractivity contribution in [2.75, 3.05) is 11.2 Å². The van der Waals surface area contributed by atoms with Gasteiger partial charge in [0.2, 0.25) is 11.0 Å². The molecule has 1 heterocycles. The van der Waals surface area contributed by atoms with Gasteiger partial charge in [0.25, 0.3) is 0 Å². The first kappa shape index (κ1) is 16.3. The van der Waals surface area contributed by atoms with Crippen LogP contribution in [0.1, 0.15) is 24.8 Å². The third-order valence-corrected chi connectivity index (χ3v) is 4.96. The summed E-state index contributed by atoms with van der Waals surface area (Å²) in [4.78, 5) is 11.7. The lowest BCUT2D eigenvalue weighted by molar-refractivity contribution is -0.116. The Hall–Kier alpha value is -1.11. The molecule has 0 spiro atoms. The fourth-order valence-corrected chi connectivity index (χ4v) is 3.51. The number of carbonyl (C=O) groups excluding carboxylic acids is 1.